The first-order valence-corrected chi connectivity index (χ1v) is 10.8. The Morgan fingerprint density at radius 3 is 2.81 bits per heavy atom. The molecule has 0 atom stereocenters. The van der Waals surface area contributed by atoms with Crippen molar-refractivity contribution in [3.05, 3.63) is 45.6 Å². The summed E-state index contributed by atoms with van der Waals surface area (Å²) >= 11 is 7.40. The van der Waals surface area contributed by atoms with E-state index in [1.54, 1.807) is 38.1 Å². The predicted molar refractivity (Wildman–Crippen MR) is 101 cm³/mol. The van der Waals surface area contributed by atoms with Crippen LogP contribution in [-0.4, -0.2) is 18.6 Å². The fourth-order valence-electron chi connectivity index (χ4n) is 2.59. The Hall–Kier alpha value is -1.90. The molecule has 0 radical (unpaired) electrons. The normalized spacial score (nSPS) is 14.6. The number of benzene rings is 1. The van der Waals surface area contributed by atoms with Gasteiger partial charge in [0.2, 0.25) is 11.7 Å². The summed E-state index contributed by atoms with van der Waals surface area (Å²) in [4.78, 5) is 5.92. The predicted octanol–water partition coefficient (Wildman–Crippen LogP) is 4.75. The molecular weight excluding hydrogens is 394 g/mol. The minimum absolute atomic E-state index is 0.203. The van der Waals surface area contributed by atoms with Crippen LogP contribution in [0.15, 0.2) is 33.7 Å². The summed E-state index contributed by atoms with van der Waals surface area (Å²) in [6.45, 7) is 3.53. The molecular formula is C17H16ClN3O3S2. The van der Waals surface area contributed by atoms with Crippen molar-refractivity contribution in [3.63, 3.8) is 0 Å². The number of aromatic nitrogens is 2. The molecule has 1 saturated carbocycles. The van der Waals surface area contributed by atoms with Crippen LogP contribution in [0.25, 0.3) is 10.7 Å². The van der Waals surface area contributed by atoms with E-state index < -0.39 is 10.0 Å². The van der Waals surface area contributed by atoms with Crippen molar-refractivity contribution in [3.8, 4) is 10.7 Å². The molecule has 1 aliphatic carbocycles. The van der Waals surface area contributed by atoms with Crippen molar-refractivity contribution in [2.75, 3.05) is 4.72 Å². The van der Waals surface area contributed by atoms with Crippen LogP contribution in [0.5, 0.6) is 0 Å². The lowest BCUT2D eigenvalue weighted by atomic mass is 10.2. The van der Waals surface area contributed by atoms with Crippen molar-refractivity contribution in [2.24, 2.45) is 0 Å². The van der Waals surface area contributed by atoms with Gasteiger partial charge in [-0.1, -0.05) is 22.8 Å². The average molecular weight is 410 g/mol. The quantitative estimate of drug-likeness (QED) is 0.657. The minimum Gasteiger partial charge on any atom is -0.339 e. The standard InChI is InChI=1S/C17H16ClN3O3S2/c1-9-12(18)4-3-5-13(9)21-26(22,23)15-8-14(25-10(15)2)16-19-17(24-20-16)11-6-7-11/h3-5,8,11,21H,6-7H2,1-2H3. The molecule has 0 unspecified atom stereocenters. The van der Waals surface area contributed by atoms with E-state index in [0.717, 1.165) is 12.8 Å². The van der Waals surface area contributed by atoms with Crippen LogP contribution in [0, 0.1) is 13.8 Å². The molecule has 1 N–H and O–H groups in total. The molecule has 3 aromatic rings. The number of nitrogens with one attached hydrogen (secondary N) is 1. The summed E-state index contributed by atoms with van der Waals surface area (Å²) in [6, 6.07) is 6.69. The maximum atomic E-state index is 12.8. The van der Waals surface area contributed by atoms with Crippen LogP contribution in [0.4, 0.5) is 5.69 Å². The molecule has 2 heterocycles. The van der Waals surface area contributed by atoms with Crippen LogP contribution in [0.1, 0.15) is 35.1 Å². The van der Waals surface area contributed by atoms with Crippen LogP contribution in [0.2, 0.25) is 5.02 Å². The van der Waals surface area contributed by atoms with Gasteiger partial charge in [-0.05, 0) is 50.5 Å². The molecule has 1 fully saturated rings. The molecule has 1 aromatic carbocycles. The molecule has 9 heteroatoms. The lowest BCUT2D eigenvalue weighted by Crippen LogP contribution is -2.14. The van der Waals surface area contributed by atoms with Gasteiger partial charge >= 0.3 is 0 Å². The van der Waals surface area contributed by atoms with Crippen molar-refractivity contribution in [1.29, 1.82) is 0 Å². The van der Waals surface area contributed by atoms with Gasteiger partial charge in [-0.15, -0.1) is 11.3 Å². The number of halogens is 1. The first-order chi connectivity index (χ1) is 12.3. The molecule has 1 aliphatic rings. The second-order valence-corrected chi connectivity index (χ2v) is 9.59. The van der Waals surface area contributed by atoms with E-state index in [1.807, 2.05) is 0 Å². The number of aryl methyl sites for hydroxylation is 1. The van der Waals surface area contributed by atoms with Gasteiger partial charge in [-0.25, -0.2) is 8.42 Å². The number of hydrogen-bond acceptors (Lipinski definition) is 6. The Morgan fingerprint density at radius 2 is 2.08 bits per heavy atom. The molecule has 0 bridgehead atoms. The summed E-state index contributed by atoms with van der Waals surface area (Å²) in [5, 5.41) is 4.49. The van der Waals surface area contributed by atoms with Crippen molar-refractivity contribution < 1.29 is 12.9 Å². The highest BCUT2D eigenvalue weighted by Crippen LogP contribution is 2.40. The molecule has 0 aliphatic heterocycles. The average Bonchev–Trinajstić information content (AvgIpc) is 3.17. The van der Waals surface area contributed by atoms with Crippen LogP contribution < -0.4 is 4.72 Å². The Bertz CT molecular complexity index is 1080. The fraction of sp³-hybridized carbons (Fsp3) is 0.294. The second-order valence-electron chi connectivity index (χ2n) is 6.28. The van der Waals surface area contributed by atoms with Crippen molar-refractivity contribution in [1.82, 2.24) is 10.1 Å². The summed E-state index contributed by atoms with van der Waals surface area (Å²) in [7, 11) is -3.75. The van der Waals surface area contributed by atoms with Gasteiger partial charge in [0.1, 0.15) is 4.90 Å². The van der Waals surface area contributed by atoms with Gasteiger partial charge in [0.05, 0.1) is 10.6 Å². The van der Waals surface area contributed by atoms with Crippen LogP contribution in [0.3, 0.4) is 0 Å². The van der Waals surface area contributed by atoms with Gasteiger partial charge in [0.25, 0.3) is 10.0 Å². The summed E-state index contributed by atoms with van der Waals surface area (Å²) < 4.78 is 33.6. The second kappa shape index (κ2) is 6.37. The number of rotatable bonds is 5. The first-order valence-electron chi connectivity index (χ1n) is 8.07. The maximum absolute atomic E-state index is 12.8. The zero-order valence-corrected chi connectivity index (χ0v) is 16.5. The number of thiophene rings is 1. The molecule has 0 amide bonds. The fourth-order valence-corrected chi connectivity index (χ4v) is 5.41. The summed E-state index contributed by atoms with van der Waals surface area (Å²) in [5.41, 5.74) is 1.14. The van der Waals surface area contributed by atoms with Gasteiger partial charge in [0.15, 0.2) is 0 Å². The number of nitrogens with zero attached hydrogens (tertiary/aromatic N) is 2. The van der Waals surface area contributed by atoms with Crippen molar-refractivity contribution in [2.45, 2.75) is 37.5 Å². The van der Waals surface area contributed by atoms with E-state index in [0.29, 0.717) is 43.7 Å². The van der Waals surface area contributed by atoms with E-state index in [9.17, 15) is 8.42 Å². The zero-order chi connectivity index (χ0) is 18.5. The van der Waals surface area contributed by atoms with Gasteiger partial charge < -0.3 is 4.52 Å². The zero-order valence-electron chi connectivity index (χ0n) is 14.1. The lowest BCUT2D eigenvalue weighted by molar-refractivity contribution is 0.380. The topological polar surface area (TPSA) is 85.1 Å². The molecule has 0 spiro atoms. The summed E-state index contributed by atoms with van der Waals surface area (Å²) in [6.07, 6.45) is 2.13. The van der Waals surface area contributed by atoms with Crippen LogP contribution in [-0.2, 0) is 10.0 Å². The minimum atomic E-state index is -3.75. The highest BCUT2D eigenvalue weighted by atomic mass is 35.5. The first kappa shape index (κ1) is 17.5. The third-order valence-electron chi connectivity index (χ3n) is 4.26. The molecule has 136 valence electrons. The molecule has 0 saturated heterocycles. The van der Waals surface area contributed by atoms with E-state index in [2.05, 4.69) is 14.9 Å². The van der Waals surface area contributed by atoms with Crippen LogP contribution >= 0.6 is 22.9 Å². The smallest absolute Gasteiger partial charge is 0.263 e. The monoisotopic (exact) mass is 409 g/mol. The van der Waals surface area contributed by atoms with Crippen molar-refractivity contribution >= 4 is 38.6 Å². The van der Waals surface area contributed by atoms with Gasteiger partial charge in [-0.2, -0.15) is 4.98 Å². The Kier molecular flexibility index (Phi) is 4.29. The Labute approximate surface area is 160 Å². The van der Waals surface area contributed by atoms with Gasteiger partial charge in [0, 0.05) is 15.8 Å². The molecule has 6 nitrogen and oxygen atoms in total. The number of sulfonamides is 1. The Morgan fingerprint density at radius 1 is 1.31 bits per heavy atom. The lowest BCUT2D eigenvalue weighted by Gasteiger charge is -2.11. The molecule has 4 rings (SSSR count). The summed E-state index contributed by atoms with van der Waals surface area (Å²) in [5.74, 6) is 1.41. The maximum Gasteiger partial charge on any atom is 0.263 e. The van der Waals surface area contributed by atoms with E-state index in [4.69, 9.17) is 16.1 Å². The van der Waals surface area contributed by atoms with Gasteiger partial charge in [-0.3, -0.25) is 4.72 Å². The highest BCUT2D eigenvalue weighted by Gasteiger charge is 2.30. The van der Waals surface area contributed by atoms with E-state index in [1.165, 1.54) is 11.3 Å². The number of hydrogen-bond donors (Lipinski definition) is 1. The third kappa shape index (κ3) is 3.24. The highest BCUT2D eigenvalue weighted by molar-refractivity contribution is 7.93. The third-order valence-corrected chi connectivity index (χ3v) is 7.34. The Balaban J connectivity index is 1.66. The molecule has 2 aromatic heterocycles. The van der Waals surface area contributed by atoms with E-state index >= 15 is 0 Å². The van der Waals surface area contributed by atoms with E-state index in [-0.39, 0.29) is 4.90 Å². The largest absolute Gasteiger partial charge is 0.339 e. The number of anilines is 1. The SMILES string of the molecule is Cc1sc(-c2noc(C3CC3)n2)cc1S(=O)(=O)Nc1cccc(Cl)c1C. The molecule has 26 heavy (non-hydrogen) atoms.